The lowest BCUT2D eigenvalue weighted by Gasteiger charge is -2.11. The Morgan fingerprint density at radius 3 is 2.78 bits per heavy atom. The second-order valence-electron chi connectivity index (χ2n) is 3.76. The summed E-state index contributed by atoms with van der Waals surface area (Å²) in [6, 6.07) is 3.34. The minimum Gasteiger partial charge on any atom is -0.475 e. The summed E-state index contributed by atoms with van der Waals surface area (Å²) in [5, 5.41) is 9.00. The van der Waals surface area contributed by atoms with Crippen LogP contribution in [-0.4, -0.2) is 28.6 Å². The Bertz CT molecular complexity index is 454. The zero-order chi connectivity index (χ0) is 13.5. The van der Waals surface area contributed by atoms with Crippen molar-refractivity contribution in [2.75, 3.05) is 6.61 Å². The van der Waals surface area contributed by atoms with Gasteiger partial charge in [0.15, 0.2) is 5.92 Å². The van der Waals surface area contributed by atoms with Crippen molar-refractivity contribution >= 4 is 5.97 Å². The molecule has 0 radical (unpaired) electrons. The van der Waals surface area contributed by atoms with E-state index in [2.05, 4.69) is 9.97 Å². The van der Waals surface area contributed by atoms with Gasteiger partial charge in [0.05, 0.1) is 24.5 Å². The molecule has 1 heterocycles. The van der Waals surface area contributed by atoms with Crippen molar-refractivity contribution in [3.8, 4) is 11.9 Å². The Labute approximate surface area is 106 Å². The van der Waals surface area contributed by atoms with Crippen LogP contribution in [0.4, 0.5) is 0 Å². The van der Waals surface area contributed by atoms with Gasteiger partial charge in [-0.1, -0.05) is 0 Å². The summed E-state index contributed by atoms with van der Waals surface area (Å²) in [4.78, 5) is 19.4. The minimum absolute atomic E-state index is 0.0455. The highest BCUT2D eigenvalue weighted by Gasteiger charge is 2.23. The molecule has 0 N–H and O–H groups in total. The molecule has 0 fully saturated rings. The van der Waals surface area contributed by atoms with E-state index in [0.717, 1.165) is 0 Å². The van der Waals surface area contributed by atoms with Crippen LogP contribution in [-0.2, 0) is 9.53 Å². The van der Waals surface area contributed by atoms with E-state index in [9.17, 15) is 4.79 Å². The molecular formula is C12H15N3O3. The van der Waals surface area contributed by atoms with Gasteiger partial charge in [-0.3, -0.25) is 4.79 Å². The van der Waals surface area contributed by atoms with Gasteiger partial charge in [-0.2, -0.15) is 5.26 Å². The fraction of sp³-hybridized carbons (Fsp3) is 0.500. The van der Waals surface area contributed by atoms with Gasteiger partial charge in [0.2, 0.25) is 5.88 Å². The highest BCUT2D eigenvalue weighted by Crippen LogP contribution is 2.18. The van der Waals surface area contributed by atoms with Crippen LogP contribution >= 0.6 is 0 Å². The van der Waals surface area contributed by atoms with Crippen molar-refractivity contribution in [1.82, 2.24) is 9.97 Å². The lowest BCUT2D eigenvalue weighted by molar-refractivity contribution is -0.143. The molecule has 0 aromatic carbocycles. The molecule has 1 atom stereocenters. The van der Waals surface area contributed by atoms with Gasteiger partial charge in [0, 0.05) is 6.07 Å². The number of ether oxygens (including phenoxy) is 2. The standard InChI is InChI=1S/C12H15N3O3/c1-4-17-12(16)9(6-13)10-5-11(15-7-14-10)18-8(2)3/h5,7-9H,4H2,1-3H3. The summed E-state index contributed by atoms with van der Waals surface area (Å²) in [5.41, 5.74) is 0.279. The molecule has 1 aromatic heterocycles. The fourth-order valence-corrected chi connectivity index (χ4v) is 1.28. The van der Waals surface area contributed by atoms with E-state index < -0.39 is 11.9 Å². The van der Waals surface area contributed by atoms with E-state index in [1.807, 2.05) is 19.9 Å². The molecular weight excluding hydrogens is 234 g/mol. The number of hydrogen-bond acceptors (Lipinski definition) is 6. The molecule has 0 aliphatic heterocycles. The molecule has 6 heteroatoms. The average Bonchev–Trinajstić information content (AvgIpc) is 2.30. The molecule has 96 valence electrons. The molecule has 0 saturated carbocycles. The lowest BCUT2D eigenvalue weighted by atomic mass is 10.1. The van der Waals surface area contributed by atoms with Crippen LogP contribution in [0.25, 0.3) is 0 Å². The third-order valence-corrected chi connectivity index (χ3v) is 1.97. The summed E-state index contributed by atoms with van der Waals surface area (Å²) < 4.78 is 10.2. The van der Waals surface area contributed by atoms with Crippen LogP contribution in [0.5, 0.6) is 5.88 Å². The second-order valence-corrected chi connectivity index (χ2v) is 3.76. The van der Waals surface area contributed by atoms with Gasteiger partial charge >= 0.3 is 5.97 Å². The Hall–Kier alpha value is -2.16. The van der Waals surface area contributed by atoms with E-state index in [1.165, 1.54) is 12.4 Å². The van der Waals surface area contributed by atoms with Crippen molar-refractivity contribution < 1.29 is 14.3 Å². The second kappa shape index (κ2) is 6.55. The Balaban J connectivity index is 2.93. The van der Waals surface area contributed by atoms with Crippen molar-refractivity contribution in [1.29, 1.82) is 5.26 Å². The Morgan fingerprint density at radius 2 is 2.22 bits per heavy atom. The quantitative estimate of drug-likeness (QED) is 0.734. The number of carbonyl (C=O) groups is 1. The van der Waals surface area contributed by atoms with Gasteiger partial charge < -0.3 is 9.47 Å². The van der Waals surface area contributed by atoms with Crippen LogP contribution in [0.3, 0.4) is 0 Å². The van der Waals surface area contributed by atoms with Crippen molar-refractivity contribution in [3.63, 3.8) is 0 Å². The molecule has 0 bridgehead atoms. The minimum atomic E-state index is -1.05. The largest absolute Gasteiger partial charge is 0.475 e. The monoisotopic (exact) mass is 249 g/mol. The van der Waals surface area contributed by atoms with Gasteiger partial charge in [0.1, 0.15) is 6.33 Å². The fourth-order valence-electron chi connectivity index (χ4n) is 1.28. The van der Waals surface area contributed by atoms with Crippen molar-refractivity contribution in [3.05, 3.63) is 18.1 Å². The molecule has 1 rings (SSSR count). The average molecular weight is 249 g/mol. The third kappa shape index (κ3) is 3.70. The molecule has 0 spiro atoms. The van der Waals surface area contributed by atoms with Crippen LogP contribution < -0.4 is 4.74 Å². The molecule has 0 saturated heterocycles. The van der Waals surface area contributed by atoms with Gasteiger partial charge in [-0.05, 0) is 20.8 Å². The first-order valence-corrected chi connectivity index (χ1v) is 5.63. The summed E-state index contributed by atoms with van der Waals surface area (Å²) in [7, 11) is 0. The number of rotatable bonds is 5. The van der Waals surface area contributed by atoms with Crippen molar-refractivity contribution in [2.45, 2.75) is 32.8 Å². The third-order valence-electron chi connectivity index (χ3n) is 1.97. The molecule has 0 aliphatic rings. The smallest absolute Gasteiger partial charge is 0.329 e. The first kappa shape index (κ1) is 13.9. The number of aromatic nitrogens is 2. The Kier molecular flexibility index (Phi) is 5.06. The normalized spacial score (nSPS) is 11.7. The first-order valence-electron chi connectivity index (χ1n) is 5.63. The number of esters is 1. The number of nitriles is 1. The molecule has 6 nitrogen and oxygen atoms in total. The Morgan fingerprint density at radius 1 is 1.50 bits per heavy atom. The summed E-state index contributed by atoms with van der Waals surface area (Å²) in [6.45, 7) is 5.61. The van der Waals surface area contributed by atoms with Crippen LogP contribution in [0.15, 0.2) is 12.4 Å². The van der Waals surface area contributed by atoms with E-state index >= 15 is 0 Å². The van der Waals surface area contributed by atoms with Gasteiger partial charge in [0.25, 0.3) is 0 Å². The number of hydrogen-bond donors (Lipinski definition) is 0. The predicted molar refractivity (Wildman–Crippen MR) is 62.8 cm³/mol. The maximum absolute atomic E-state index is 11.6. The van der Waals surface area contributed by atoms with Crippen molar-refractivity contribution in [2.24, 2.45) is 0 Å². The van der Waals surface area contributed by atoms with Gasteiger partial charge in [-0.25, -0.2) is 9.97 Å². The predicted octanol–water partition coefficient (Wildman–Crippen LogP) is 1.43. The SMILES string of the molecule is CCOC(=O)C(C#N)c1cc(OC(C)C)ncn1. The first-order chi connectivity index (χ1) is 8.58. The zero-order valence-corrected chi connectivity index (χ0v) is 10.6. The van der Waals surface area contributed by atoms with E-state index in [0.29, 0.717) is 5.88 Å². The van der Waals surface area contributed by atoms with E-state index in [4.69, 9.17) is 14.7 Å². The topological polar surface area (TPSA) is 85.1 Å². The van der Waals surface area contributed by atoms with Gasteiger partial charge in [-0.15, -0.1) is 0 Å². The van der Waals surface area contributed by atoms with E-state index in [-0.39, 0.29) is 18.4 Å². The van der Waals surface area contributed by atoms with Crippen LogP contribution in [0.2, 0.25) is 0 Å². The maximum Gasteiger partial charge on any atom is 0.329 e. The maximum atomic E-state index is 11.6. The molecule has 1 unspecified atom stereocenters. The molecule has 1 aromatic rings. The number of carbonyl (C=O) groups excluding carboxylic acids is 1. The van der Waals surface area contributed by atoms with E-state index in [1.54, 1.807) is 6.92 Å². The highest BCUT2D eigenvalue weighted by molar-refractivity contribution is 5.80. The molecule has 0 amide bonds. The summed E-state index contributed by atoms with van der Waals surface area (Å²) in [5.74, 6) is -1.34. The highest BCUT2D eigenvalue weighted by atomic mass is 16.5. The molecule has 18 heavy (non-hydrogen) atoms. The van der Waals surface area contributed by atoms with Crippen LogP contribution in [0, 0.1) is 11.3 Å². The molecule has 0 aliphatic carbocycles. The van der Waals surface area contributed by atoms with Crippen LogP contribution in [0.1, 0.15) is 32.4 Å². The summed E-state index contributed by atoms with van der Waals surface area (Å²) in [6.07, 6.45) is 1.22. The number of nitrogens with zero attached hydrogens (tertiary/aromatic N) is 3. The zero-order valence-electron chi connectivity index (χ0n) is 10.6. The summed E-state index contributed by atoms with van der Waals surface area (Å²) >= 11 is 0. The lowest BCUT2D eigenvalue weighted by Crippen LogP contribution is -2.16.